The van der Waals surface area contributed by atoms with E-state index in [0.717, 1.165) is 0 Å². The molecule has 0 atom stereocenters. The maximum atomic E-state index is 8.53. The van der Waals surface area contributed by atoms with Crippen molar-refractivity contribution in [1.82, 2.24) is 9.97 Å². The molecule has 2 aromatic rings. The molecule has 0 unspecified atom stereocenters. The van der Waals surface area contributed by atoms with Gasteiger partial charge in [-0.05, 0) is 50.1 Å². The van der Waals surface area contributed by atoms with Crippen LogP contribution in [0.5, 0.6) is 0 Å². The second-order valence-electron chi connectivity index (χ2n) is 3.35. The number of rotatable bonds is 0. The average Bonchev–Trinajstić information content (AvgIpc) is 2.44. The molecule has 0 bridgehead atoms. The Balaban J connectivity index is 0.000000204. The highest BCUT2D eigenvalue weighted by Gasteiger charge is 2.04. The normalized spacial score (nSPS) is 8.80. The van der Waals surface area contributed by atoms with Crippen LogP contribution in [0.2, 0.25) is 0 Å². The van der Waals surface area contributed by atoms with Gasteiger partial charge in [-0.2, -0.15) is 10.5 Å². The van der Waals surface area contributed by atoms with Crippen LogP contribution in [0.15, 0.2) is 33.5 Å². The van der Waals surface area contributed by atoms with Crippen molar-refractivity contribution in [2.75, 3.05) is 11.5 Å². The fourth-order valence-electron chi connectivity index (χ4n) is 1.09. The summed E-state index contributed by atoms with van der Waals surface area (Å²) < 4.78 is 1.27. The maximum Gasteiger partial charge on any atom is 0.165 e. The summed E-state index contributed by atoms with van der Waals surface area (Å²) in [5.74, 6) is 0. The lowest BCUT2D eigenvalue weighted by molar-refractivity contribution is 1.22. The molecule has 0 spiro atoms. The minimum atomic E-state index is 0.228. The van der Waals surface area contributed by atoms with E-state index in [1.54, 1.807) is 18.2 Å². The van der Waals surface area contributed by atoms with Crippen LogP contribution in [0.4, 0.5) is 11.4 Å². The highest BCUT2D eigenvalue weighted by molar-refractivity contribution is 9.11. The molecule has 0 saturated heterocycles. The maximum absolute atomic E-state index is 8.53. The molecule has 0 fully saturated rings. The molecule has 6 nitrogen and oxygen atoms in total. The van der Waals surface area contributed by atoms with Crippen LogP contribution >= 0.6 is 31.9 Å². The number of nitriles is 2. The quantitative estimate of drug-likeness (QED) is 0.660. The van der Waals surface area contributed by atoms with E-state index < -0.39 is 0 Å². The van der Waals surface area contributed by atoms with Crippen molar-refractivity contribution in [2.45, 2.75) is 0 Å². The van der Waals surface area contributed by atoms with Gasteiger partial charge in [0.15, 0.2) is 11.4 Å². The summed E-state index contributed by atoms with van der Waals surface area (Å²) in [6.07, 6.45) is 1.54. The number of nitrogens with two attached hydrogens (primary N) is 2. The predicted molar refractivity (Wildman–Crippen MR) is 82.1 cm³/mol. The molecule has 100 valence electrons. The molecular weight excluding hydrogens is 388 g/mol. The Hall–Kier alpha value is -2.16. The molecule has 2 heterocycles. The van der Waals surface area contributed by atoms with Crippen molar-refractivity contribution in [1.29, 1.82) is 10.5 Å². The average molecular weight is 396 g/mol. The zero-order valence-corrected chi connectivity index (χ0v) is 13.2. The molecule has 0 aliphatic heterocycles. The van der Waals surface area contributed by atoms with Crippen molar-refractivity contribution in [3.05, 3.63) is 44.9 Å². The van der Waals surface area contributed by atoms with E-state index in [1.165, 1.54) is 6.20 Å². The lowest BCUT2D eigenvalue weighted by Crippen LogP contribution is -1.95. The van der Waals surface area contributed by atoms with E-state index >= 15 is 0 Å². The van der Waals surface area contributed by atoms with Gasteiger partial charge in [-0.3, -0.25) is 0 Å². The largest absolute Gasteiger partial charge is 0.396 e. The standard InChI is InChI=1S/C6H3Br2N3.C6H5N3/c7-3-1-5(8)11-4(2-9)6(3)10;7-4-6-5(8)2-1-3-9-6/h1H,10H2;1-3H,8H2. The summed E-state index contributed by atoms with van der Waals surface area (Å²) in [6.45, 7) is 0. The van der Waals surface area contributed by atoms with Crippen LogP contribution in [-0.2, 0) is 0 Å². The first-order valence-electron chi connectivity index (χ1n) is 5.11. The number of hydrogen-bond acceptors (Lipinski definition) is 6. The van der Waals surface area contributed by atoms with E-state index in [1.807, 2.05) is 12.1 Å². The van der Waals surface area contributed by atoms with Crippen molar-refractivity contribution >= 4 is 43.2 Å². The number of nitrogen functional groups attached to an aromatic ring is 2. The molecule has 0 saturated carbocycles. The van der Waals surface area contributed by atoms with Crippen LogP contribution in [0.3, 0.4) is 0 Å². The van der Waals surface area contributed by atoms with Crippen LogP contribution in [0.25, 0.3) is 0 Å². The van der Waals surface area contributed by atoms with Gasteiger partial charge in [0.1, 0.15) is 16.7 Å². The Kier molecular flexibility index (Phi) is 5.91. The van der Waals surface area contributed by atoms with Gasteiger partial charge in [-0.15, -0.1) is 0 Å². The molecule has 2 aromatic heterocycles. The summed E-state index contributed by atoms with van der Waals surface area (Å²) in [6, 6.07) is 8.77. The van der Waals surface area contributed by atoms with E-state index in [-0.39, 0.29) is 11.4 Å². The first-order valence-corrected chi connectivity index (χ1v) is 6.70. The van der Waals surface area contributed by atoms with Crippen molar-refractivity contribution in [2.24, 2.45) is 0 Å². The second-order valence-corrected chi connectivity index (χ2v) is 5.02. The first-order chi connectivity index (χ1) is 9.49. The van der Waals surface area contributed by atoms with E-state index in [9.17, 15) is 0 Å². The van der Waals surface area contributed by atoms with Gasteiger partial charge in [0.25, 0.3) is 0 Å². The topological polar surface area (TPSA) is 125 Å². The third kappa shape index (κ3) is 4.19. The summed E-state index contributed by atoms with van der Waals surface area (Å²) in [5.41, 5.74) is 12.2. The van der Waals surface area contributed by atoms with Crippen LogP contribution in [-0.4, -0.2) is 9.97 Å². The number of aromatic nitrogens is 2. The van der Waals surface area contributed by atoms with E-state index in [4.69, 9.17) is 22.0 Å². The van der Waals surface area contributed by atoms with E-state index in [2.05, 4.69) is 41.8 Å². The van der Waals surface area contributed by atoms with Gasteiger partial charge in [0.2, 0.25) is 0 Å². The molecule has 2 rings (SSSR count). The fourth-order valence-corrected chi connectivity index (χ4v) is 2.21. The lowest BCUT2D eigenvalue weighted by atomic mass is 10.3. The van der Waals surface area contributed by atoms with Gasteiger partial charge in [-0.1, -0.05) is 0 Å². The Morgan fingerprint density at radius 3 is 2.25 bits per heavy atom. The highest BCUT2D eigenvalue weighted by atomic mass is 79.9. The number of hydrogen-bond donors (Lipinski definition) is 2. The molecule has 0 radical (unpaired) electrons. The SMILES string of the molecule is N#Cc1nc(Br)cc(Br)c1N.N#Cc1ncccc1N. The van der Waals surface area contributed by atoms with Crippen LogP contribution in [0, 0.1) is 22.7 Å². The second kappa shape index (κ2) is 7.43. The molecule has 4 N–H and O–H groups in total. The Bertz CT molecular complexity index is 702. The molecule has 0 aromatic carbocycles. The van der Waals surface area contributed by atoms with Crippen LogP contribution < -0.4 is 11.5 Å². The summed E-state index contributed by atoms with van der Waals surface area (Å²) in [7, 11) is 0. The fraction of sp³-hybridized carbons (Fsp3) is 0. The van der Waals surface area contributed by atoms with Gasteiger partial charge in [-0.25, -0.2) is 9.97 Å². The monoisotopic (exact) mass is 394 g/mol. The molecule has 0 amide bonds. The molecule has 8 heteroatoms. The molecular formula is C12H8Br2N6. The molecule has 20 heavy (non-hydrogen) atoms. The van der Waals surface area contributed by atoms with Crippen LogP contribution in [0.1, 0.15) is 11.4 Å². The zero-order valence-electron chi connectivity index (χ0n) is 10.0. The third-order valence-electron chi connectivity index (χ3n) is 2.03. The van der Waals surface area contributed by atoms with Gasteiger partial charge >= 0.3 is 0 Å². The Morgan fingerprint density at radius 2 is 1.75 bits per heavy atom. The first kappa shape index (κ1) is 15.9. The number of anilines is 2. The number of halogens is 2. The predicted octanol–water partition coefficient (Wildman–Crippen LogP) is 2.60. The Morgan fingerprint density at radius 1 is 1.10 bits per heavy atom. The van der Waals surface area contributed by atoms with Crippen molar-refractivity contribution in [3.63, 3.8) is 0 Å². The molecule has 0 aliphatic carbocycles. The van der Waals surface area contributed by atoms with Crippen molar-refractivity contribution in [3.8, 4) is 12.1 Å². The van der Waals surface area contributed by atoms with E-state index in [0.29, 0.717) is 20.5 Å². The summed E-state index contributed by atoms with van der Waals surface area (Å²) >= 11 is 6.33. The smallest absolute Gasteiger partial charge is 0.165 e. The minimum absolute atomic E-state index is 0.228. The summed E-state index contributed by atoms with van der Waals surface area (Å²) in [5, 5.41) is 16.9. The number of pyridine rings is 2. The zero-order chi connectivity index (χ0) is 15.1. The number of nitrogens with zero attached hydrogens (tertiary/aromatic N) is 4. The Labute approximate surface area is 132 Å². The van der Waals surface area contributed by atoms with Gasteiger partial charge in [0.05, 0.1) is 11.4 Å². The van der Waals surface area contributed by atoms with Gasteiger partial charge < -0.3 is 11.5 Å². The van der Waals surface area contributed by atoms with Gasteiger partial charge in [0, 0.05) is 10.7 Å². The molecule has 0 aliphatic rings. The van der Waals surface area contributed by atoms with Crippen molar-refractivity contribution < 1.29 is 0 Å². The lowest BCUT2D eigenvalue weighted by Gasteiger charge is -1.99. The summed E-state index contributed by atoms with van der Waals surface area (Å²) in [4.78, 5) is 7.56. The third-order valence-corrected chi connectivity index (χ3v) is 3.09. The highest BCUT2D eigenvalue weighted by Crippen LogP contribution is 2.24. The minimum Gasteiger partial charge on any atom is -0.396 e.